The number of benzene rings is 7. The maximum atomic E-state index is 5.31. The van der Waals surface area contributed by atoms with Crippen molar-refractivity contribution in [3.05, 3.63) is 168 Å². The summed E-state index contributed by atoms with van der Waals surface area (Å²) in [6.07, 6.45) is 8.70. The Kier molecular flexibility index (Phi) is 6.13. The summed E-state index contributed by atoms with van der Waals surface area (Å²) in [5, 5.41) is 6.03. The van der Waals surface area contributed by atoms with Gasteiger partial charge >= 0.3 is 0 Å². The molecule has 0 spiro atoms. The lowest BCUT2D eigenvalue weighted by molar-refractivity contribution is 0.661. The van der Waals surface area contributed by atoms with Crippen LogP contribution in [0.15, 0.2) is 146 Å². The van der Waals surface area contributed by atoms with Gasteiger partial charge in [-0.1, -0.05) is 129 Å². The molecule has 0 N–H and O–H groups in total. The summed E-state index contributed by atoms with van der Waals surface area (Å²) in [5.41, 5.74) is 16.7. The van der Waals surface area contributed by atoms with Crippen LogP contribution in [-0.4, -0.2) is 14.5 Å². The summed E-state index contributed by atoms with van der Waals surface area (Å²) in [6.45, 7) is 4.72. The van der Waals surface area contributed by atoms with Crippen molar-refractivity contribution >= 4 is 49.6 Å². The van der Waals surface area contributed by atoms with Crippen LogP contribution in [0.3, 0.4) is 0 Å². The molecule has 0 bridgehead atoms. The second-order valence-corrected chi connectivity index (χ2v) is 14.9. The Morgan fingerprint density at radius 3 is 1.98 bits per heavy atom. The molecule has 3 nitrogen and oxygen atoms in total. The first-order valence-electron chi connectivity index (χ1n) is 18.3. The molecule has 3 heteroatoms. The molecule has 0 aliphatic heterocycles. The van der Waals surface area contributed by atoms with Crippen LogP contribution in [0, 0.1) is 0 Å². The van der Waals surface area contributed by atoms with E-state index in [1.807, 2.05) is 6.20 Å². The SMILES string of the molecule is CC1(C)c2cc(-c3cccc(-n4c5c(c6ccccc64)C=CCC5)c3)ccc2-c2ccc(-c3cnc4c5ccccc5c5ccccc5c4n3)cc21. The Labute approximate surface area is 302 Å². The third-order valence-electron chi connectivity index (χ3n) is 11.7. The van der Waals surface area contributed by atoms with E-state index in [-0.39, 0.29) is 5.41 Å². The zero-order valence-electron chi connectivity index (χ0n) is 29.2. The minimum atomic E-state index is -0.177. The van der Waals surface area contributed by atoms with E-state index in [2.05, 4.69) is 164 Å². The molecule has 0 saturated heterocycles. The van der Waals surface area contributed by atoms with E-state index in [4.69, 9.17) is 9.97 Å². The first kappa shape index (κ1) is 29.4. The van der Waals surface area contributed by atoms with Gasteiger partial charge in [0.05, 0.1) is 28.4 Å². The van der Waals surface area contributed by atoms with Gasteiger partial charge in [0.1, 0.15) is 0 Å². The zero-order chi connectivity index (χ0) is 34.6. The second-order valence-electron chi connectivity index (χ2n) is 14.9. The van der Waals surface area contributed by atoms with Crippen LogP contribution in [-0.2, 0) is 11.8 Å². The highest BCUT2D eigenvalue weighted by Crippen LogP contribution is 2.51. The Bertz CT molecular complexity index is 2960. The fourth-order valence-corrected chi connectivity index (χ4v) is 9.13. The highest BCUT2D eigenvalue weighted by molar-refractivity contribution is 6.23. The number of para-hydroxylation sites is 1. The maximum Gasteiger partial charge on any atom is 0.0979 e. The number of nitrogens with zero attached hydrogens (tertiary/aromatic N) is 3. The van der Waals surface area contributed by atoms with Gasteiger partial charge in [0.25, 0.3) is 0 Å². The van der Waals surface area contributed by atoms with Crippen LogP contribution in [0.1, 0.15) is 42.7 Å². The summed E-state index contributed by atoms with van der Waals surface area (Å²) >= 11 is 0. The number of fused-ring (bicyclic) bond motifs is 12. The van der Waals surface area contributed by atoms with Gasteiger partial charge in [-0.2, -0.15) is 0 Å². The van der Waals surface area contributed by atoms with Crippen molar-refractivity contribution in [2.24, 2.45) is 0 Å². The Morgan fingerprint density at radius 2 is 1.21 bits per heavy atom. The molecule has 9 aromatic rings. The molecular formula is C49H35N3. The molecule has 2 aliphatic rings. The predicted octanol–water partition coefficient (Wildman–Crippen LogP) is 12.5. The molecule has 0 unspecified atom stereocenters. The smallest absolute Gasteiger partial charge is 0.0979 e. The number of allylic oxidation sites excluding steroid dienone is 1. The van der Waals surface area contributed by atoms with Crippen LogP contribution < -0.4 is 0 Å². The molecule has 0 radical (unpaired) electrons. The molecule has 2 aliphatic carbocycles. The Balaban J connectivity index is 0.995. The van der Waals surface area contributed by atoms with Gasteiger partial charge in [-0.25, -0.2) is 4.98 Å². The van der Waals surface area contributed by atoms with Gasteiger partial charge in [0.2, 0.25) is 0 Å². The van der Waals surface area contributed by atoms with Crippen LogP contribution in [0.25, 0.3) is 88.8 Å². The van der Waals surface area contributed by atoms with E-state index in [9.17, 15) is 0 Å². The second kappa shape index (κ2) is 10.8. The minimum absolute atomic E-state index is 0.177. The third-order valence-corrected chi connectivity index (χ3v) is 11.7. The molecule has 0 saturated carbocycles. The quantitative estimate of drug-likeness (QED) is 0.176. The van der Waals surface area contributed by atoms with Gasteiger partial charge in [0, 0.05) is 44.1 Å². The van der Waals surface area contributed by atoms with Crippen molar-refractivity contribution in [1.29, 1.82) is 0 Å². The summed E-state index contributed by atoms with van der Waals surface area (Å²) in [5.74, 6) is 0. The number of aromatic nitrogens is 3. The zero-order valence-corrected chi connectivity index (χ0v) is 29.2. The van der Waals surface area contributed by atoms with Gasteiger partial charge < -0.3 is 4.57 Å². The molecule has 52 heavy (non-hydrogen) atoms. The number of hydrogen-bond donors (Lipinski definition) is 0. The Morgan fingerprint density at radius 1 is 0.577 bits per heavy atom. The fourth-order valence-electron chi connectivity index (χ4n) is 9.13. The Hall–Kier alpha value is -6.32. The van der Waals surface area contributed by atoms with Crippen molar-refractivity contribution in [3.63, 3.8) is 0 Å². The van der Waals surface area contributed by atoms with E-state index in [1.165, 1.54) is 72.0 Å². The van der Waals surface area contributed by atoms with Crippen LogP contribution in [0.2, 0.25) is 0 Å². The van der Waals surface area contributed by atoms with Gasteiger partial charge in [0.15, 0.2) is 0 Å². The van der Waals surface area contributed by atoms with Gasteiger partial charge in [-0.3, -0.25) is 4.98 Å². The maximum absolute atomic E-state index is 5.31. The molecular weight excluding hydrogens is 631 g/mol. The third kappa shape index (κ3) is 4.14. The minimum Gasteiger partial charge on any atom is -0.313 e. The van der Waals surface area contributed by atoms with Crippen molar-refractivity contribution in [2.75, 3.05) is 0 Å². The van der Waals surface area contributed by atoms with E-state index in [0.29, 0.717) is 0 Å². The van der Waals surface area contributed by atoms with Crippen molar-refractivity contribution in [3.8, 4) is 39.2 Å². The number of rotatable bonds is 3. The lowest BCUT2D eigenvalue weighted by atomic mass is 9.81. The summed E-state index contributed by atoms with van der Waals surface area (Å²) in [7, 11) is 0. The molecule has 11 rings (SSSR count). The molecule has 246 valence electrons. The van der Waals surface area contributed by atoms with Crippen molar-refractivity contribution in [2.45, 2.75) is 32.1 Å². The monoisotopic (exact) mass is 665 g/mol. The average Bonchev–Trinajstić information content (AvgIpc) is 3.66. The predicted molar refractivity (Wildman–Crippen MR) is 217 cm³/mol. The number of hydrogen-bond acceptors (Lipinski definition) is 2. The van der Waals surface area contributed by atoms with Gasteiger partial charge in [-0.15, -0.1) is 0 Å². The molecule has 2 aromatic heterocycles. The standard InChI is InChI=1S/C49H35N3/c1-49(2)42-27-31(30-12-11-13-33(26-30)52-45-20-9-7-16-38(45)39-17-8-10-21-46(39)52)22-24-36(42)37-25-23-32(28-43(37)49)44-29-50-47-40-18-5-3-14-34(40)35-15-4-6-19-41(35)48(47)51-44/h3-9,11-20,22-29H,10,21H2,1-2H3. The van der Waals surface area contributed by atoms with E-state index < -0.39 is 0 Å². The largest absolute Gasteiger partial charge is 0.313 e. The average molecular weight is 666 g/mol. The van der Waals surface area contributed by atoms with Crippen LogP contribution in [0.5, 0.6) is 0 Å². The summed E-state index contributed by atoms with van der Waals surface area (Å²) in [4.78, 5) is 10.4. The van der Waals surface area contributed by atoms with Crippen LogP contribution in [0.4, 0.5) is 0 Å². The summed E-state index contributed by atoms with van der Waals surface area (Å²) in [6, 6.07) is 48.9. The lowest BCUT2D eigenvalue weighted by Gasteiger charge is -2.22. The lowest BCUT2D eigenvalue weighted by Crippen LogP contribution is -2.15. The van der Waals surface area contributed by atoms with Crippen molar-refractivity contribution in [1.82, 2.24) is 14.5 Å². The van der Waals surface area contributed by atoms with Crippen molar-refractivity contribution < 1.29 is 0 Å². The van der Waals surface area contributed by atoms with E-state index in [0.717, 1.165) is 45.9 Å². The highest BCUT2D eigenvalue weighted by Gasteiger charge is 2.36. The van der Waals surface area contributed by atoms with E-state index in [1.54, 1.807) is 0 Å². The fraction of sp³-hybridized carbons (Fsp3) is 0.102. The molecule has 2 heterocycles. The summed E-state index contributed by atoms with van der Waals surface area (Å²) < 4.78 is 2.48. The molecule has 7 aromatic carbocycles. The molecule has 0 amide bonds. The first-order valence-corrected chi connectivity index (χ1v) is 18.3. The topological polar surface area (TPSA) is 30.7 Å². The van der Waals surface area contributed by atoms with E-state index >= 15 is 0 Å². The normalized spacial score (nSPS) is 14.3. The molecule has 0 fully saturated rings. The van der Waals surface area contributed by atoms with Crippen LogP contribution >= 0.6 is 0 Å². The highest BCUT2D eigenvalue weighted by atomic mass is 15.0. The molecule has 0 atom stereocenters. The first-order chi connectivity index (χ1) is 25.5. The van der Waals surface area contributed by atoms with Gasteiger partial charge in [-0.05, 0) is 87.3 Å².